The van der Waals surface area contributed by atoms with E-state index in [4.69, 9.17) is 9.47 Å². The highest BCUT2D eigenvalue weighted by atomic mass is 16.5. The fourth-order valence-corrected chi connectivity index (χ4v) is 3.98. The van der Waals surface area contributed by atoms with Gasteiger partial charge in [-0.05, 0) is 49.8 Å². The van der Waals surface area contributed by atoms with Gasteiger partial charge < -0.3 is 20.0 Å². The summed E-state index contributed by atoms with van der Waals surface area (Å²) < 4.78 is 10.6. The molecule has 0 aromatic heterocycles. The van der Waals surface area contributed by atoms with Crippen LogP contribution in [0.15, 0.2) is 71.4 Å². The van der Waals surface area contributed by atoms with Crippen molar-refractivity contribution in [2.75, 3.05) is 19.0 Å². The standard InChI is InChI=1S/C24H26N2O5/c1-4-31-24(28)20-15(2)14-19(26-29)22(23(27)25-17-8-6-5-7-9-17)21(20)16-10-12-18(30-3)13-11-16/h5-14,20-22,29H,4H2,1-3H3,(H,25,27)/b26-19+. The third kappa shape index (κ3) is 4.77. The molecule has 3 unspecified atom stereocenters. The maximum absolute atomic E-state index is 13.4. The lowest BCUT2D eigenvalue weighted by molar-refractivity contribution is -0.147. The van der Waals surface area contributed by atoms with Gasteiger partial charge in [-0.15, -0.1) is 0 Å². The second-order valence-electron chi connectivity index (χ2n) is 7.27. The molecule has 31 heavy (non-hydrogen) atoms. The van der Waals surface area contributed by atoms with Crippen molar-refractivity contribution in [2.24, 2.45) is 17.0 Å². The van der Waals surface area contributed by atoms with Crippen LogP contribution >= 0.6 is 0 Å². The van der Waals surface area contributed by atoms with Gasteiger partial charge in [-0.1, -0.05) is 41.1 Å². The van der Waals surface area contributed by atoms with Crippen LogP contribution in [-0.4, -0.2) is 36.5 Å². The van der Waals surface area contributed by atoms with E-state index >= 15 is 0 Å². The third-order valence-corrected chi connectivity index (χ3v) is 5.38. The minimum absolute atomic E-state index is 0.187. The van der Waals surface area contributed by atoms with Gasteiger partial charge in [0.25, 0.3) is 0 Å². The average molecular weight is 422 g/mol. The van der Waals surface area contributed by atoms with Crippen molar-refractivity contribution >= 4 is 23.3 Å². The second-order valence-corrected chi connectivity index (χ2v) is 7.27. The molecule has 0 fully saturated rings. The Morgan fingerprint density at radius 3 is 2.32 bits per heavy atom. The Hall–Kier alpha value is -3.61. The molecule has 162 valence electrons. The fourth-order valence-electron chi connectivity index (χ4n) is 3.98. The molecule has 7 heteroatoms. The van der Waals surface area contributed by atoms with Crippen molar-refractivity contribution in [2.45, 2.75) is 19.8 Å². The van der Waals surface area contributed by atoms with E-state index in [0.29, 0.717) is 17.0 Å². The number of oxime groups is 1. The molecule has 1 amide bonds. The Morgan fingerprint density at radius 1 is 1.06 bits per heavy atom. The first-order valence-electron chi connectivity index (χ1n) is 10.1. The zero-order valence-corrected chi connectivity index (χ0v) is 17.7. The number of hydrogen-bond acceptors (Lipinski definition) is 6. The Labute approximate surface area is 181 Å². The SMILES string of the molecule is CCOC(=O)C1C(C)=C/C(=N\O)C(C(=O)Nc2ccccc2)C1c1ccc(OC)cc1. The summed E-state index contributed by atoms with van der Waals surface area (Å²) in [5.41, 5.74) is 2.20. The number of benzene rings is 2. The number of allylic oxidation sites excluding steroid dienone is 1. The van der Waals surface area contributed by atoms with Crippen LogP contribution < -0.4 is 10.1 Å². The lowest BCUT2D eigenvalue weighted by Crippen LogP contribution is -2.43. The number of carbonyl (C=O) groups is 2. The fraction of sp³-hybridized carbons (Fsp3) is 0.292. The van der Waals surface area contributed by atoms with Gasteiger partial charge in [0.05, 0.1) is 31.3 Å². The lowest BCUT2D eigenvalue weighted by atomic mass is 9.67. The normalized spacial score (nSPS) is 21.8. The van der Waals surface area contributed by atoms with Crippen LogP contribution in [0.2, 0.25) is 0 Å². The second kappa shape index (κ2) is 9.93. The molecule has 2 aromatic rings. The molecule has 0 heterocycles. The van der Waals surface area contributed by atoms with Gasteiger partial charge in [-0.3, -0.25) is 9.59 Å². The van der Waals surface area contributed by atoms with Crippen molar-refractivity contribution in [1.29, 1.82) is 0 Å². The van der Waals surface area contributed by atoms with Crippen LogP contribution in [0.1, 0.15) is 25.3 Å². The van der Waals surface area contributed by atoms with Crippen molar-refractivity contribution in [3.05, 3.63) is 71.8 Å². The van der Waals surface area contributed by atoms with Crippen LogP contribution in [0.4, 0.5) is 5.69 Å². The number of rotatable bonds is 6. The Balaban J connectivity index is 2.10. The summed E-state index contributed by atoms with van der Waals surface area (Å²) in [7, 11) is 1.57. The quantitative estimate of drug-likeness (QED) is 0.417. The van der Waals surface area contributed by atoms with Gasteiger partial charge in [-0.2, -0.15) is 0 Å². The van der Waals surface area contributed by atoms with Crippen LogP contribution in [-0.2, 0) is 14.3 Å². The molecule has 0 bridgehead atoms. The number of carbonyl (C=O) groups excluding carboxylic acids is 2. The number of methoxy groups -OCH3 is 1. The minimum Gasteiger partial charge on any atom is -0.497 e. The molecule has 7 nitrogen and oxygen atoms in total. The number of nitrogens with one attached hydrogen (secondary N) is 1. The first-order valence-corrected chi connectivity index (χ1v) is 10.1. The summed E-state index contributed by atoms with van der Waals surface area (Å²) in [6.45, 7) is 3.73. The smallest absolute Gasteiger partial charge is 0.313 e. The molecule has 3 rings (SSSR count). The molecular weight excluding hydrogens is 396 g/mol. The molecule has 0 radical (unpaired) electrons. The number of esters is 1. The van der Waals surface area contributed by atoms with Gasteiger partial charge in [0.1, 0.15) is 5.75 Å². The van der Waals surface area contributed by atoms with E-state index in [1.54, 1.807) is 51.3 Å². The van der Waals surface area contributed by atoms with E-state index in [1.807, 2.05) is 30.3 Å². The predicted molar refractivity (Wildman–Crippen MR) is 117 cm³/mol. The Bertz CT molecular complexity index is 983. The Kier molecular flexibility index (Phi) is 7.07. The number of hydrogen-bond donors (Lipinski definition) is 2. The summed E-state index contributed by atoms with van der Waals surface area (Å²) in [5.74, 6) is -2.38. The number of para-hydroxylation sites is 1. The van der Waals surface area contributed by atoms with Crippen LogP contribution in [0, 0.1) is 11.8 Å². The molecule has 3 atom stereocenters. The first kappa shape index (κ1) is 22.1. The molecule has 0 spiro atoms. The maximum Gasteiger partial charge on any atom is 0.313 e. The minimum atomic E-state index is -0.906. The van der Waals surface area contributed by atoms with E-state index in [0.717, 1.165) is 5.56 Å². The highest BCUT2D eigenvalue weighted by Crippen LogP contribution is 2.43. The van der Waals surface area contributed by atoms with Crippen molar-refractivity contribution < 1.29 is 24.3 Å². The molecule has 0 aliphatic heterocycles. The number of amides is 1. The monoisotopic (exact) mass is 422 g/mol. The van der Waals surface area contributed by atoms with E-state index < -0.39 is 23.7 Å². The Morgan fingerprint density at radius 2 is 1.74 bits per heavy atom. The zero-order valence-electron chi connectivity index (χ0n) is 17.7. The van der Waals surface area contributed by atoms with Crippen LogP contribution in [0.25, 0.3) is 0 Å². The number of ether oxygens (including phenoxy) is 2. The molecule has 1 aliphatic carbocycles. The topological polar surface area (TPSA) is 97.2 Å². The summed E-state index contributed by atoms with van der Waals surface area (Å²) >= 11 is 0. The summed E-state index contributed by atoms with van der Waals surface area (Å²) in [5, 5.41) is 16.0. The van der Waals surface area contributed by atoms with Gasteiger partial charge in [0, 0.05) is 11.6 Å². The van der Waals surface area contributed by atoms with Crippen molar-refractivity contribution in [1.82, 2.24) is 0 Å². The predicted octanol–water partition coefficient (Wildman–Crippen LogP) is 4.00. The molecular formula is C24H26N2O5. The van der Waals surface area contributed by atoms with Gasteiger partial charge in [0.2, 0.25) is 5.91 Å². The van der Waals surface area contributed by atoms with E-state index in [1.165, 1.54) is 0 Å². The molecule has 2 aromatic carbocycles. The van der Waals surface area contributed by atoms with Crippen molar-refractivity contribution in [3.63, 3.8) is 0 Å². The summed E-state index contributed by atoms with van der Waals surface area (Å²) in [6.07, 6.45) is 1.58. The molecule has 2 N–H and O–H groups in total. The van der Waals surface area contributed by atoms with Crippen molar-refractivity contribution in [3.8, 4) is 5.75 Å². The highest BCUT2D eigenvalue weighted by molar-refractivity contribution is 6.15. The highest BCUT2D eigenvalue weighted by Gasteiger charge is 2.46. The molecule has 0 saturated heterocycles. The van der Waals surface area contributed by atoms with Gasteiger partial charge >= 0.3 is 5.97 Å². The van der Waals surface area contributed by atoms with E-state index in [2.05, 4.69) is 10.5 Å². The first-order chi connectivity index (χ1) is 15.0. The van der Waals surface area contributed by atoms with Gasteiger partial charge in [0.15, 0.2) is 0 Å². The van der Waals surface area contributed by atoms with Gasteiger partial charge in [-0.25, -0.2) is 0 Å². The maximum atomic E-state index is 13.4. The number of anilines is 1. The zero-order chi connectivity index (χ0) is 22.4. The van der Waals surface area contributed by atoms with E-state index in [-0.39, 0.29) is 18.2 Å². The summed E-state index contributed by atoms with van der Waals surface area (Å²) in [6, 6.07) is 16.2. The summed E-state index contributed by atoms with van der Waals surface area (Å²) in [4.78, 5) is 26.3. The van der Waals surface area contributed by atoms with Crippen LogP contribution in [0.5, 0.6) is 5.75 Å². The molecule has 0 saturated carbocycles. The average Bonchev–Trinajstić information content (AvgIpc) is 2.79. The van der Waals surface area contributed by atoms with Crippen LogP contribution in [0.3, 0.4) is 0 Å². The lowest BCUT2D eigenvalue weighted by Gasteiger charge is -2.36. The molecule has 1 aliphatic rings. The third-order valence-electron chi connectivity index (χ3n) is 5.38. The van der Waals surface area contributed by atoms with E-state index in [9.17, 15) is 14.8 Å². The largest absolute Gasteiger partial charge is 0.497 e. The number of nitrogens with zero attached hydrogens (tertiary/aromatic N) is 1.